The Hall–Kier alpha value is -2.32. The van der Waals surface area contributed by atoms with Gasteiger partial charge in [-0.2, -0.15) is 0 Å². The molecule has 0 bridgehead atoms. The first-order valence-electron chi connectivity index (χ1n) is 6.75. The van der Waals surface area contributed by atoms with Crippen molar-refractivity contribution in [2.24, 2.45) is 0 Å². The molecule has 1 fully saturated rings. The third-order valence-electron chi connectivity index (χ3n) is 3.47. The van der Waals surface area contributed by atoms with Crippen molar-refractivity contribution in [3.8, 4) is 11.5 Å². The van der Waals surface area contributed by atoms with Crippen LogP contribution in [-0.2, 0) is 16.0 Å². The number of aliphatic carboxylic acids is 1. The summed E-state index contributed by atoms with van der Waals surface area (Å²) in [5.41, 5.74) is 0.511. The van der Waals surface area contributed by atoms with E-state index in [0.29, 0.717) is 12.0 Å². The minimum Gasteiger partial charge on any atom is -0.504 e. The van der Waals surface area contributed by atoms with Crippen LogP contribution in [0, 0.1) is 0 Å². The summed E-state index contributed by atoms with van der Waals surface area (Å²) >= 11 is 0. The second kappa shape index (κ2) is 7.62. The van der Waals surface area contributed by atoms with Crippen LogP contribution in [0.15, 0.2) is 18.2 Å². The lowest BCUT2D eigenvalue weighted by molar-refractivity contribution is -0.142. The van der Waals surface area contributed by atoms with Gasteiger partial charge in [0, 0.05) is 6.42 Å². The SMILES string of the molecule is O.O=C(O)[C@H](Cc1ccc(O)c(O)c1)NC(=O)[C@@H]1CCCN1. The van der Waals surface area contributed by atoms with E-state index in [0.717, 1.165) is 13.0 Å². The molecule has 0 aliphatic carbocycles. The van der Waals surface area contributed by atoms with Gasteiger partial charge in [0.25, 0.3) is 0 Å². The zero-order valence-corrected chi connectivity index (χ0v) is 11.9. The molecule has 1 amide bonds. The van der Waals surface area contributed by atoms with Crippen LogP contribution in [0.4, 0.5) is 0 Å². The average Bonchev–Trinajstić information content (AvgIpc) is 2.96. The summed E-state index contributed by atoms with van der Waals surface area (Å²) in [6, 6.07) is 2.64. The highest BCUT2D eigenvalue weighted by Gasteiger charge is 2.27. The number of aromatic hydroxyl groups is 2. The molecule has 1 heterocycles. The van der Waals surface area contributed by atoms with Gasteiger partial charge in [-0.05, 0) is 37.1 Å². The summed E-state index contributed by atoms with van der Waals surface area (Å²) in [5.74, 6) is -2.07. The number of phenolic OH excluding ortho intramolecular Hbond substituents is 2. The molecule has 1 aliphatic heterocycles. The van der Waals surface area contributed by atoms with E-state index in [1.54, 1.807) is 0 Å². The number of rotatable bonds is 5. The normalized spacial score (nSPS) is 18.3. The lowest BCUT2D eigenvalue weighted by Crippen LogP contribution is -2.49. The Kier molecular flexibility index (Phi) is 6.14. The highest BCUT2D eigenvalue weighted by Crippen LogP contribution is 2.25. The number of hydrogen-bond donors (Lipinski definition) is 5. The molecule has 122 valence electrons. The highest BCUT2D eigenvalue weighted by molar-refractivity contribution is 5.87. The minimum absolute atomic E-state index is 0. The topological polar surface area (TPSA) is 150 Å². The number of amides is 1. The molecule has 7 N–H and O–H groups in total. The Morgan fingerprint density at radius 2 is 2.05 bits per heavy atom. The van der Waals surface area contributed by atoms with E-state index in [1.807, 2.05) is 0 Å². The minimum atomic E-state index is -1.14. The van der Waals surface area contributed by atoms with Crippen molar-refractivity contribution in [3.05, 3.63) is 23.8 Å². The first kappa shape index (κ1) is 17.7. The van der Waals surface area contributed by atoms with Gasteiger partial charge in [-0.1, -0.05) is 6.07 Å². The Morgan fingerprint density at radius 1 is 1.32 bits per heavy atom. The second-order valence-electron chi connectivity index (χ2n) is 5.08. The lowest BCUT2D eigenvalue weighted by Gasteiger charge is -2.17. The number of carboxylic acids is 1. The fourth-order valence-corrected chi connectivity index (χ4v) is 2.31. The van der Waals surface area contributed by atoms with Gasteiger partial charge >= 0.3 is 5.97 Å². The van der Waals surface area contributed by atoms with Crippen LogP contribution in [0.5, 0.6) is 11.5 Å². The molecule has 0 aromatic heterocycles. The number of carbonyl (C=O) groups excluding carboxylic acids is 1. The molecule has 0 spiro atoms. The van der Waals surface area contributed by atoms with Gasteiger partial charge in [0.1, 0.15) is 6.04 Å². The smallest absolute Gasteiger partial charge is 0.326 e. The molecule has 1 aromatic carbocycles. The van der Waals surface area contributed by atoms with E-state index in [-0.39, 0.29) is 35.3 Å². The summed E-state index contributed by atoms with van der Waals surface area (Å²) in [6.45, 7) is 0.752. The Labute approximate surface area is 127 Å². The van der Waals surface area contributed by atoms with Crippen molar-refractivity contribution in [2.45, 2.75) is 31.3 Å². The van der Waals surface area contributed by atoms with Gasteiger partial charge < -0.3 is 31.4 Å². The molecular weight excluding hydrogens is 292 g/mol. The Morgan fingerprint density at radius 3 is 2.59 bits per heavy atom. The molecule has 2 rings (SSSR count). The van der Waals surface area contributed by atoms with Crippen molar-refractivity contribution in [2.75, 3.05) is 6.54 Å². The largest absolute Gasteiger partial charge is 0.504 e. The molecule has 2 atom stereocenters. The quantitative estimate of drug-likeness (QED) is 0.446. The van der Waals surface area contributed by atoms with Crippen LogP contribution < -0.4 is 10.6 Å². The molecule has 1 aromatic rings. The van der Waals surface area contributed by atoms with Crippen molar-refractivity contribution in [1.29, 1.82) is 0 Å². The van der Waals surface area contributed by atoms with Crippen LogP contribution in [0.3, 0.4) is 0 Å². The van der Waals surface area contributed by atoms with Crippen molar-refractivity contribution in [1.82, 2.24) is 10.6 Å². The maximum atomic E-state index is 11.9. The first-order valence-corrected chi connectivity index (χ1v) is 6.75. The van der Waals surface area contributed by atoms with Crippen molar-refractivity contribution in [3.63, 3.8) is 0 Å². The highest BCUT2D eigenvalue weighted by atomic mass is 16.4. The number of carbonyl (C=O) groups is 2. The van der Waals surface area contributed by atoms with Crippen molar-refractivity contribution < 1.29 is 30.4 Å². The monoisotopic (exact) mass is 312 g/mol. The van der Waals surface area contributed by atoms with Crippen LogP contribution in [0.25, 0.3) is 0 Å². The van der Waals surface area contributed by atoms with Gasteiger partial charge in [-0.25, -0.2) is 4.79 Å². The third-order valence-corrected chi connectivity index (χ3v) is 3.47. The van der Waals surface area contributed by atoms with E-state index in [4.69, 9.17) is 0 Å². The second-order valence-corrected chi connectivity index (χ2v) is 5.08. The van der Waals surface area contributed by atoms with E-state index in [1.165, 1.54) is 18.2 Å². The molecule has 8 nitrogen and oxygen atoms in total. The molecule has 22 heavy (non-hydrogen) atoms. The average molecular weight is 312 g/mol. The maximum Gasteiger partial charge on any atom is 0.326 e. The molecule has 1 aliphatic rings. The molecule has 0 saturated carbocycles. The molecule has 8 heteroatoms. The summed E-state index contributed by atoms with van der Waals surface area (Å²) in [5, 5.41) is 33.3. The van der Waals surface area contributed by atoms with E-state index in [9.17, 15) is 24.9 Å². The number of benzene rings is 1. The number of carboxylic acid groups (broad SMARTS) is 1. The Balaban J connectivity index is 0.00000242. The molecule has 0 unspecified atom stereocenters. The van der Waals surface area contributed by atoms with Gasteiger partial charge in [0.2, 0.25) is 5.91 Å². The van der Waals surface area contributed by atoms with Crippen LogP contribution in [0.1, 0.15) is 18.4 Å². The molecular formula is C14H20N2O6. The number of nitrogens with one attached hydrogen (secondary N) is 2. The van der Waals surface area contributed by atoms with Gasteiger partial charge in [-0.15, -0.1) is 0 Å². The summed E-state index contributed by atoms with van der Waals surface area (Å²) < 4.78 is 0. The van der Waals surface area contributed by atoms with E-state index >= 15 is 0 Å². The van der Waals surface area contributed by atoms with Gasteiger partial charge in [0.05, 0.1) is 6.04 Å². The lowest BCUT2D eigenvalue weighted by atomic mass is 10.0. The predicted molar refractivity (Wildman–Crippen MR) is 77.7 cm³/mol. The summed E-state index contributed by atoms with van der Waals surface area (Å²) in [6.07, 6.45) is 1.61. The summed E-state index contributed by atoms with van der Waals surface area (Å²) in [4.78, 5) is 23.2. The fourth-order valence-electron chi connectivity index (χ4n) is 2.31. The summed E-state index contributed by atoms with van der Waals surface area (Å²) in [7, 11) is 0. The maximum absolute atomic E-state index is 11.9. The van der Waals surface area contributed by atoms with Gasteiger partial charge in [-0.3, -0.25) is 4.79 Å². The predicted octanol–water partition coefficient (Wildman–Crippen LogP) is -0.863. The zero-order chi connectivity index (χ0) is 15.4. The van der Waals surface area contributed by atoms with Crippen LogP contribution >= 0.6 is 0 Å². The Bertz CT molecular complexity index is 542. The fraction of sp³-hybridized carbons (Fsp3) is 0.429. The van der Waals surface area contributed by atoms with Crippen LogP contribution in [0.2, 0.25) is 0 Å². The van der Waals surface area contributed by atoms with Crippen LogP contribution in [-0.4, -0.2) is 51.3 Å². The standard InChI is InChI=1S/C14H18N2O5.H2O/c17-11-4-3-8(7-12(11)18)6-10(14(20)21)16-13(19)9-2-1-5-15-9;/h3-4,7,9-10,15,17-18H,1-2,5-6H2,(H,16,19)(H,20,21);1H2/t9-,10-;/m0./s1. The third kappa shape index (κ3) is 4.34. The first-order chi connectivity index (χ1) is 9.97. The molecule has 1 saturated heterocycles. The van der Waals surface area contributed by atoms with E-state index in [2.05, 4.69) is 10.6 Å². The number of hydrogen-bond acceptors (Lipinski definition) is 5. The number of phenols is 2. The zero-order valence-electron chi connectivity index (χ0n) is 11.9. The van der Waals surface area contributed by atoms with Crippen molar-refractivity contribution >= 4 is 11.9 Å². The van der Waals surface area contributed by atoms with E-state index < -0.39 is 12.0 Å². The van der Waals surface area contributed by atoms with Gasteiger partial charge in [0.15, 0.2) is 11.5 Å². The molecule has 0 radical (unpaired) electrons.